The molecular weight excluding hydrogens is 380 g/mol. The van der Waals surface area contributed by atoms with Gasteiger partial charge in [-0.2, -0.15) is 0 Å². The van der Waals surface area contributed by atoms with E-state index in [9.17, 15) is 14.4 Å². The Hall–Kier alpha value is -2.41. The van der Waals surface area contributed by atoms with E-state index in [-0.39, 0.29) is 17.2 Å². The summed E-state index contributed by atoms with van der Waals surface area (Å²) in [7, 11) is 0. The molecule has 0 spiro atoms. The van der Waals surface area contributed by atoms with Crippen molar-refractivity contribution in [1.82, 2.24) is 15.1 Å². The lowest BCUT2D eigenvalue weighted by molar-refractivity contribution is -0.140. The van der Waals surface area contributed by atoms with Crippen LogP contribution in [0.5, 0.6) is 0 Å². The lowest BCUT2D eigenvalue weighted by Crippen LogP contribution is -2.61. The molecule has 0 aromatic heterocycles. The van der Waals surface area contributed by atoms with Gasteiger partial charge in [0.05, 0.1) is 6.04 Å². The summed E-state index contributed by atoms with van der Waals surface area (Å²) in [6, 6.07) is 6.64. The van der Waals surface area contributed by atoms with Crippen molar-refractivity contribution in [2.45, 2.75) is 62.9 Å². The number of carbonyl (C=O) groups excluding carboxylic acids is 3. The zero-order valence-electron chi connectivity index (χ0n) is 17.7. The van der Waals surface area contributed by atoms with Gasteiger partial charge >= 0.3 is 0 Å². The Balaban J connectivity index is 1.42. The van der Waals surface area contributed by atoms with Gasteiger partial charge < -0.3 is 20.9 Å². The van der Waals surface area contributed by atoms with Crippen LogP contribution in [0.2, 0.25) is 0 Å². The number of rotatable bonds is 6. The largest absolute Gasteiger partial charge is 0.368 e. The Kier molecular flexibility index (Phi) is 5.82. The molecule has 7 nitrogen and oxygen atoms in total. The average Bonchev–Trinajstić information content (AvgIpc) is 3.32. The number of primary amides is 1. The first-order chi connectivity index (χ1) is 14.4. The van der Waals surface area contributed by atoms with Crippen molar-refractivity contribution in [3.63, 3.8) is 0 Å². The quantitative estimate of drug-likeness (QED) is 0.738. The number of benzene rings is 1. The normalized spacial score (nSPS) is 25.7. The molecule has 3 amide bonds. The average molecular weight is 413 g/mol. The zero-order valence-corrected chi connectivity index (χ0v) is 17.7. The molecule has 1 aromatic carbocycles. The van der Waals surface area contributed by atoms with Gasteiger partial charge in [0.25, 0.3) is 5.91 Å². The minimum Gasteiger partial charge on any atom is -0.368 e. The molecule has 3 fully saturated rings. The van der Waals surface area contributed by atoms with Crippen LogP contribution in [0.1, 0.15) is 61.4 Å². The van der Waals surface area contributed by atoms with Crippen molar-refractivity contribution >= 4 is 17.7 Å². The van der Waals surface area contributed by atoms with Crippen LogP contribution in [0.25, 0.3) is 0 Å². The predicted octanol–water partition coefficient (Wildman–Crippen LogP) is 1.41. The van der Waals surface area contributed by atoms with E-state index in [0.29, 0.717) is 18.5 Å². The molecule has 0 bridgehead atoms. The van der Waals surface area contributed by atoms with Crippen LogP contribution in [0.3, 0.4) is 0 Å². The molecule has 162 valence electrons. The molecular formula is C23H32N4O3. The Labute approximate surface area is 178 Å². The van der Waals surface area contributed by atoms with E-state index >= 15 is 0 Å². The SMILES string of the molecule is CC(=O)N1CCCC(NC(=O)c2ccc(C3(CN4CCCC4)CC3)cc2)C1C(N)=O. The van der Waals surface area contributed by atoms with E-state index in [1.165, 1.54) is 56.2 Å². The van der Waals surface area contributed by atoms with Crippen LogP contribution < -0.4 is 11.1 Å². The van der Waals surface area contributed by atoms with Gasteiger partial charge in [0, 0.05) is 31.0 Å². The van der Waals surface area contributed by atoms with Crippen LogP contribution in [0, 0.1) is 0 Å². The highest BCUT2D eigenvalue weighted by Crippen LogP contribution is 2.49. The van der Waals surface area contributed by atoms with Crippen molar-refractivity contribution < 1.29 is 14.4 Å². The third kappa shape index (κ3) is 4.21. The maximum Gasteiger partial charge on any atom is 0.251 e. The highest BCUT2D eigenvalue weighted by molar-refractivity contribution is 5.95. The van der Waals surface area contributed by atoms with Gasteiger partial charge in [0.15, 0.2) is 0 Å². The topological polar surface area (TPSA) is 95.7 Å². The molecule has 3 N–H and O–H groups in total. The molecule has 1 saturated carbocycles. The summed E-state index contributed by atoms with van der Waals surface area (Å²) < 4.78 is 0. The van der Waals surface area contributed by atoms with Gasteiger partial charge in [-0.3, -0.25) is 14.4 Å². The molecule has 3 aliphatic rings. The summed E-state index contributed by atoms with van der Waals surface area (Å²) in [6.45, 7) is 5.42. The maximum absolute atomic E-state index is 12.8. The van der Waals surface area contributed by atoms with E-state index in [2.05, 4.69) is 22.3 Å². The van der Waals surface area contributed by atoms with Crippen LogP contribution in [0.15, 0.2) is 24.3 Å². The van der Waals surface area contributed by atoms with Gasteiger partial charge in [-0.05, 0) is 69.3 Å². The smallest absolute Gasteiger partial charge is 0.251 e. The van der Waals surface area contributed by atoms with Crippen molar-refractivity contribution in [2.24, 2.45) is 5.73 Å². The second-order valence-corrected chi connectivity index (χ2v) is 9.12. The number of likely N-dealkylation sites (tertiary alicyclic amines) is 2. The first-order valence-electron chi connectivity index (χ1n) is 11.1. The molecule has 2 saturated heterocycles. The highest BCUT2D eigenvalue weighted by Gasteiger charge is 2.45. The number of nitrogens with zero attached hydrogens (tertiary/aromatic N) is 2. The Morgan fingerprint density at radius 1 is 1.07 bits per heavy atom. The number of hydrogen-bond donors (Lipinski definition) is 2. The summed E-state index contributed by atoms with van der Waals surface area (Å²) in [5.74, 6) is -1.01. The summed E-state index contributed by atoms with van der Waals surface area (Å²) in [5, 5.41) is 2.94. The maximum atomic E-state index is 12.8. The first-order valence-corrected chi connectivity index (χ1v) is 11.1. The Morgan fingerprint density at radius 2 is 1.73 bits per heavy atom. The van der Waals surface area contributed by atoms with E-state index in [1.807, 2.05) is 12.1 Å². The number of nitrogens with one attached hydrogen (secondary N) is 1. The van der Waals surface area contributed by atoms with E-state index in [1.54, 1.807) is 0 Å². The third-order valence-electron chi connectivity index (χ3n) is 6.98. The van der Waals surface area contributed by atoms with Crippen LogP contribution in [-0.4, -0.2) is 65.8 Å². The molecule has 2 heterocycles. The number of carbonyl (C=O) groups is 3. The van der Waals surface area contributed by atoms with Crippen molar-refractivity contribution in [3.05, 3.63) is 35.4 Å². The lowest BCUT2D eigenvalue weighted by atomic mass is 9.93. The van der Waals surface area contributed by atoms with Crippen molar-refractivity contribution in [1.29, 1.82) is 0 Å². The highest BCUT2D eigenvalue weighted by atomic mass is 16.2. The molecule has 0 radical (unpaired) electrons. The number of hydrogen-bond acceptors (Lipinski definition) is 4. The standard InChI is InChI=1S/C23H32N4O3/c1-16(28)27-14-4-5-19(20(27)21(24)29)25-22(30)17-6-8-18(9-7-17)23(10-11-23)15-26-12-2-3-13-26/h6-9,19-20H,2-5,10-15H2,1H3,(H2,24,29)(H,25,30). The fraction of sp³-hybridized carbons (Fsp3) is 0.609. The van der Waals surface area contributed by atoms with Gasteiger partial charge in [-0.25, -0.2) is 0 Å². The number of piperidine rings is 1. The minimum atomic E-state index is -0.797. The fourth-order valence-electron chi connectivity index (χ4n) is 5.14. The summed E-state index contributed by atoms with van der Waals surface area (Å²) in [4.78, 5) is 40.7. The second-order valence-electron chi connectivity index (χ2n) is 9.12. The number of nitrogens with two attached hydrogens (primary N) is 1. The van der Waals surface area contributed by atoms with Crippen molar-refractivity contribution in [2.75, 3.05) is 26.2 Å². The molecule has 2 aliphatic heterocycles. The summed E-state index contributed by atoms with van der Waals surface area (Å²) in [5.41, 5.74) is 7.68. The van der Waals surface area contributed by atoms with Crippen molar-refractivity contribution in [3.8, 4) is 0 Å². The van der Waals surface area contributed by atoms with Gasteiger partial charge in [-0.1, -0.05) is 12.1 Å². The first kappa shape index (κ1) is 20.8. The predicted molar refractivity (Wildman–Crippen MR) is 114 cm³/mol. The van der Waals surface area contributed by atoms with Crippen LogP contribution >= 0.6 is 0 Å². The monoisotopic (exact) mass is 412 g/mol. The van der Waals surface area contributed by atoms with Gasteiger partial charge in [-0.15, -0.1) is 0 Å². The summed E-state index contributed by atoms with van der Waals surface area (Å²) >= 11 is 0. The molecule has 7 heteroatoms. The van der Waals surface area contributed by atoms with E-state index in [0.717, 1.165) is 13.0 Å². The zero-order chi connectivity index (χ0) is 21.3. The lowest BCUT2D eigenvalue weighted by Gasteiger charge is -2.39. The van der Waals surface area contributed by atoms with Crippen LogP contribution in [0.4, 0.5) is 0 Å². The van der Waals surface area contributed by atoms with Crippen LogP contribution in [-0.2, 0) is 15.0 Å². The fourth-order valence-corrected chi connectivity index (χ4v) is 5.14. The van der Waals surface area contributed by atoms with Gasteiger partial charge in [0.1, 0.15) is 6.04 Å². The molecule has 1 aliphatic carbocycles. The van der Waals surface area contributed by atoms with E-state index in [4.69, 9.17) is 5.73 Å². The molecule has 30 heavy (non-hydrogen) atoms. The van der Waals surface area contributed by atoms with Gasteiger partial charge in [0.2, 0.25) is 11.8 Å². The molecule has 4 rings (SSSR count). The molecule has 2 unspecified atom stereocenters. The third-order valence-corrected chi connectivity index (χ3v) is 6.98. The molecule has 1 aromatic rings. The molecule has 2 atom stereocenters. The summed E-state index contributed by atoms with van der Waals surface area (Å²) in [6.07, 6.45) is 6.36. The minimum absolute atomic E-state index is 0.199. The van der Waals surface area contributed by atoms with E-state index < -0.39 is 18.0 Å². The second kappa shape index (κ2) is 8.38. The Bertz CT molecular complexity index is 812. The Morgan fingerprint density at radius 3 is 2.30 bits per heavy atom. The number of amides is 3.